The second kappa shape index (κ2) is 10.7. The Labute approximate surface area is 190 Å². The van der Waals surface area contributed by atoms with Gasteiger partial charge in [-0.25, -0.2) is 0 Å². The number of nitrogens with zero attached hydrogens (tertiary/aromatic N) is 1. The fourth-order valence-corrected chi connectivity index (χ4v) is 4.67. The Kier molecular flexibility index (Phi) is 7.68. The molecule has 32 heavy (non-hydrogen) atoms. The number of amides is 1. The van der Waals surface area contributed by atoms with Crippen molar-refractivity contribution < 1.29 is 24.2 Å². The van der Waals surface area contributed by atoms with Crippen molar-refractivity contribution in [2.75, 3.05) is 33.4 Å². The molecule has 0 aromatic heterocycles. The number of methoxy groups -OCH3 is 1. The topological polar surface area (TPSA) is 88.1 Å². The Morgan fingerprint density at radius 2 is 2.00 bits per heavy atom. The summed E-state index contributed by atoms with van der Waals surface area (Å²) in [5.74, 6) is 0.210. The molecule has 3 aliphatic rings. The number of nitrogens with one attached hydrogen (secondary N) is 1. The van der Waals surface area contributed by atoms with E-state index < -0.39 is 5.97 Å². The Hall–Kier alpha value is -2.12. The molecule has 1 saturated heterocycles. The van der Waals surface area contributed by atoms with Gasteiger partial charge in [-0.05, 0) is 74.8 Å². The number of carbonyl (C=O) groups excluding carboxylic acids is 1. The van der Waals surface area contributed by atoms with Gasteiger partial charge in [0.15, 0.2) is 0 Å². The lowest BCUT2D eigenvalue weighted by Crippen LogP contribution is -2.43. The summed E-state index contributed by atoms with van der Waals surface area (Å²) < 4.78 is 11.2. The van der Waals surface area contributed by atoms with Gasteiger partial charge in [-0.1, -0.05) is 6.07 Å². The number of rotatable bonds is 12. The van der Waals surface area contributed by atoms with Crippen molar-refractivity contribution in [3.8, 4) is 5.75 Å². The minimum atomic E-state index is -0.733. The normalized spacial score (nSPS) is 24.7. The molecular weight excluding hydrogens is 408 g/mol. The minimum absolute atomic E-state index is 0.0766. The molecule has 7 nitrogen and oxygen atoms in total. The molecule has 3 atom stereocenters. The number of hydrogen-bond acceptors (Lipinski definition) is 5. The number of carbonyl (C=O) groups is 2. The predicted octanol–water partition coefficient (Wildman–Crippen LogP) is 2.86. The third-order valence-corrected chi connectivity index (χ3v) is 6.81. The van der Waals surface area contributed by atoms with Gasteiger partial charge in [-0.3, -0.25) is 9.59 Å². The van der Waals surface area contributed by atoms with E-state index in [-0.39, 0.29) is 23.7 Å². The Bertz CT molecular complexity index is 804. The molecule has 2 N–H and O–H groups in total. The molecule has 2 aliphatic carbocycles. The Morgan fingerprint density at radius 1 is 1.19 bits per heavy atom. The maximum Gasteiger partial charge on any atom is 0.306 e. The number of carboxylic acid groups (broad SMARTS) is 1. The van der Waals surface area contributed by atoms with Crippen LogP contribution in [0, 0.1) is 17.8 Å². The fraction of sp³-hybridized carbons (Fsp3) is 0.680. The number of benzene rings is 1. The van der Waals surface area contributed by atoms with Crippen LogP contribution >= 0.6 is 0 Å². The van der Waals surface area contributed by atoms with Crippen molar-refractivity contribution in [3.05, 3.63) is 29.3 Å². The van der Waals surface area contributed by atoms with Crippen molar-refractivity contribution in [2.24, 2.45) is 17.8 Å². The van der Waals surface area contributed by atoms with E-state index in [0.717, 1.165) is 62.9 Å². The van der Waals surface area contributed by atoms with Crippen LogP contribution in [0.5, 0.6) is 5.75 Å². The standard InChI is InChI=1S/C25H36N2O5/c1-31-9-3-4-17-10-18(12-22(11-17)32-16-20-13-23(20)25(29)30)15-27(21-6-7-21)24(28)19-5-2-8-26-14-19/h10-12,19-21,23,26H,2-9,13-16H2,1H3,(H,29,30)/t19-,20+,23-/m1/s1. The molecule has 176 valence electrons. The maximum atomic E-state index is 13.3. The van der Waals surface area contributed by atoms with Gasteiger partial charge in [0, 0.05) is 38.8 Å². The van der Waals surface area contributed by atoms with Gasteiger partial charge in [0.2, 0.25) is 5.91 Å². The maximum absolute atomic E-state index is 13.3. The summed E-state index contributed by atoms with van der Waals surface area (Å²) in [7, 11) is 1.71. The molecular formula is C25H36N2O5. The molecule has 7 heteroatoms. The molecule has 1 aromatic carbocycles. The number of piperidine rings is 1. The van der Waals surface area contributed by atoms with E-state index in [1.807, 2.05) is 12.1 Å². The smallest absolute Gasteiger partial charge is 0.306 e. The summed E-state index contributed by atoms with van der Waals surface area (Å²) in [6.45, 7) is 3.51. The summed E-state index contributed by atoms with van der Waals surface area (Å²) >= 11 is 0. The molecule has 0 spiro atoms. The number of aryl methyl sites for hydroxylation is 1. The van der Waals surface area contributed by atoms with Gasteiger partial charge in [0.25, 0.3) is 0 Å². The lowest BCUT2D eigenvalue weighted by molar-refractivity contribution is -0.139. The van der Waals surface area contributed by atoms with Gasteiger partial charge >= 0.3 is 5.97 Å². The molecule has 1 amide bonds. The van der Waals surface area contributed by atoms with Crippen LogP contribution in [0.2, 0.25) is 0 Å². The van der Waals surface area contributed by atoms with Gasteiger partial charge in [-0.15, -0.1) is 0 Å². The van der Waals surface area contributed by atoms with Gasteiger partial charge in [0.1, 0.15) is 5.75 Å². The fourth-order valence-electron chi connectivity index (χ4n) is 4.67. The SMILES string of the molecule is COCCCc1cc(CN(C(=O)[C@@H]2CCCNC2)C2CC2)cc(OC[C@@H]2C[C@H]2C(=O)O)c1. The Balaban J connectivity index is 1.45. The molecule has 1 aromatic rings. The average Bonchev–Trinajstić information content (AvgIpc) is 3.71. The van der Waals surface area contributed by atoms with E-state index >= 15 is 0 Å². The van der Waals surface area contributed by atoms with Crippen LogP contribution in [0.15, 0.2) is 18.2 Å². The van der Waals surface area contributed by atoms with E-state index in [1.54, 1.807) is 7.11 Å². The van der Waals surface area contributed by atoms with Crippen LogP contribution in [-0.4, -0.2) is 61.3 Å². The summed E-state index contributed by atoms with van der Waals surface area (Å²) in [6.07, 6.45) is 6.68. The third-order valence-electron chi connectivity index (χ3n) is 6.81. The highest BCUT2D eigenvalue weighted by atomic mass is 16.5. The average molecular weight is 445 g/mol. The highest BCUT2D eigenvalue weighted by molar-refractivity contribution is 5.80. The van der Waals surface area contributed by atoms with Crippen LogP contribution in [-0.2, 0) is 27.3 Å². The lowest BCUT2D eigenvalue weighted by atomic mass is 9.97. The molecule has 4 rings (SSSR count). The number of ether oxygens (including phenoxy) is 2. The van der Waals surface area contributed by atoms with E-state index in [0.29, 0.717) is 32.2 Å². The van der Waals surface area contributed by atoms with Gasteiger partial charge < -0.3 is 24.8 Å². The van der Waals surface area contributed by atoms with E-state index in [4.69, 9.17) is 14.6 Å². The summed E-state index contributed by atoms with van der Waals surface area (Å²) in [5, 5.41) is 12.5. The monoisotopic (exact) mass is 444 g/mol. The number of aliphatic carboxylic acids is 1. The molecule has 1 aliphatic heterocycles. The zero-order valence-electron chi connectivity index (χ0n) is 19.1. The van der Waals surface area contributed by atoms with Crippen LogP contribution in [0.3, 0.4) is 0 Å². The van der Waals surface area contributed by atoms with Crippen LogP contribution < -0.4 is 10.1 Å². The predicted molar refractivity (Wildman–Crippen MR) is 121 cm³/mol. The summed E-state index contributed by atoms with van der Waals surface area (Å²) in [4.78, 5) is 26.5. The van der Waals surface area contributed by atoms with Crippen molar-refractivity contribution in [2.45, 2.75) is 57.5 Å². The van der Waals surface area contributed by atoms with Gasteiger partial charge in [0.05, 0.1) is 18.4 Å². The number of carboxylic acids is 1. The molecule has 1 heterocycles. The molecule has 0 unspecified atom stereocenters. The molecule has 2 saturated carbocycles. The van der Waals surface area contributed by atoms with Crippen LogP contribution in [0.1, 0.15) is 49.7 Å². The molecule has 0 radical (unpaired) electrons. The molecule has 3 fully saturated rings. The van der Waals surface area contributed by atoms with Crippen molar-refractivity contribution in [3.63, 3.8) is 0 Å². The summed E-state index contributed by atoms with van der Waals surface area (Å²) in [6, 6.07) is 6.61. The van der Waals surface area contributed by atoms with E-state index in [1.165, 1.54) is 5.56 Å². The van der Waals surface area contributed by atoms with Crippen molar-refractivity contribution >= 4 is 11.9 Å². The zero-order chi connectivity index (χ0) is 22.5. The van der Waals surface area contributed by atoms with Gasteiger partial charge in [-0.2, -0.15) is 0 Å². The largest absolute Gasteiger partial charge is 0.493 e. The second-order valence-electron chi connectivity index (χ2n) is 9.57. The van der Waals surface area contributed by atoms with Crippen LogP contribution in [0.4, 0.5) is 0 Å². The first kappa shape index (κ1) is 23.1. The second-order valence-corrected chi connectivity index (χ2v) is 9.57. The highest BCUT2D eigenvalue weighted by Gasteiger charge is 2.43. The molecule has 0 bridgehead atoms. The van der Waals surface area contributed by atoms with E-state index in [2.05, 4.69) is 16.3 Å². The quantitative estimate of drug-likeness (QED) is 0.482. The number of hydrogen-bond donors (Lipinski definition) is 2. The zero-order valence-corrected chi connectivity index (χ0v) is 19.1. The summed E-state index contributed by atoms with van der Waals surface area (Å²) in [5.41, 5.74) is 2.26. The van der Waals surface area contributed by atoms with Crippen LogP contribution in [0.25, 0.3) is 0 Å². The minimum Gasteiger partial charge on any atom is -0.493 e. The first-order valence-corrected chi connectivity index (χ1v) is 12.0. The third kappa shape index (κ3) is 6.23. The highest BCUT2D eigenvalue weighted by Crippen LogP contribution is 2.39. The van der Waals surface area contributed by atoms with E-state index in [9.17, 15) is 9.59 Å². The van der Waals surface area contributed by atoms with Crippen molar-refractivity contribution in [1.29, 1.82) is 0 Å². The first-order valence-electron chi connectivity index (χ1n) is 12.0. The van der Waals surface area contributed by atoms with Crippen molar-refractivity contribution in [1.82, 2.24) is 10.2 Å². The lowest BCUT2D eigenvalue weighted by Gasteiger charge is -2.30. The Morgan fingerprint density at radius 3 is 2.66 bits per heavy atom. The first-order chi connectivity index (χ1) is 15.5.